The van der Waals surface area contributed by atoms with Gasteiger partial charge in [0.2, 0.25) is 0 Å². The second kappa shape index (κ2) is 13.8. The van der Waals surface area contributed by atoms with E-state index < -0.39 is 0 Å². The molecule has 318 valence electrons. The molecule has 58 heavy (non-hydrogen) atoms. The van der Waals surface area contributed by atoms with Crippen molar-refractivity contribution in [1.82, 2.24) is 9.80 Å². The van der Waals surface area contributed by atoms with Crippen LogP contribution in [0.5, 0.6) is 0 Å². The van der Waals surface area contributed by atoms with Crippen molar-refractivity contribution in [2.75, 3.05) is 0 Å². The predicted molar refractivity (Wildman–Crippen MR) is 250 cm³/mol. The molecule has 8 atom stereocenters. The molecule has 1 spiro atoms. The van der Waals surface area contributed by atoms with Crippen LogP contribution < -0.4 is 0 Å². The van der Waals surface area contributed by atoms with E-state index in [1.807, 2.05) is 5.57 Å². The lowest BCUT2D eigenvalue weighted by Crippen LogP contribution is -2.67. The molecule has 3 aliphatic heterocycles. The first kappa shape index (κ1) is 41.5. The van der Waals surface area contributed by atoms with Crippen molar-refractivity contribution in [1.29, 1.82) is 0 Å². The summed E-state index contributed by atoms with van der Waals surface area (Å²) in [6.45, 7) is 36.2. The van der Waals surface area contributed by atoms with Crippen LogP contribution in [0.15, 0.2) is 70.0 Å². The Hall–Kier alpha value is -1.90. The van der Waals surface area contributed by atoms with Crippen molar-refractivity contribution >= 4 is 6.71 Å². The molecule has 8 unspecified atom stereocenters. The molecule has 2 saturated carbocycles. The number of fused-ring (bicyclic) bond motifs is 5. The zero-order chi connectivity index (χ0) is 41.5. The molecule has 0 bridgehead atoms. The molecule has 3 heteroatoms. The Kier molecular flexibility index (Phi) is 9.87. The van der Waals surface area contributed by atoms with Crippen LogP contribution in [0.25, 0.3) is 0 Å². The number of hydrogen-bond acceptors (Lipinski definition) is 2. The molecule has 0 aromatic heterocycles. The van der Waals surface area contributed by atoms with Gasteiger partial charge < -0.3 is 9.80 Å². The van der Waals surface area contributed by atoms with Crippen molar-refractivity contribution in [2.45, 2.75) is 222 Å². The fourth-order valence-electron chi connectivity index (χ4n) is 15.2. The van der Waals surface area contributed by atoms with Gasteiger partial charge in [-0.25, -0.2) is 0 Å². The Balaban J connectivity index is 1.30. The number of hydrogen-bond donors (Lipinski definition) is 0. The van der Waals surface area contributed by atoms with Gasteiger partial charge in [-0.3, -0.25) is 0 Å². The largest absolute Gasteiger partial charge is 0.366 e. The van der Waals surface area contributed by atoms with Crippen LogP contribution >= 0.6 is 0 Å². The summed E-state index contributed by atoms with van der Waals surface area (Å²) in [6, 6.07) is 1.49. The molecule has 9 rings (SSSR count). The fourth-order valence-corrected chi connectivity index (χ4v) is 15.2. The minimum atomic E-state index is 0.0943. The average Bonchev–Trinajstić information content (AvgIpc) is 3.33. The van der Waals surface area contributed by atoms with Gasteiger partial charge in [0.05, 0.1) is 6.04 Å². The third-order valence-corrected chi connectivity index (χ3v) is 18.8. The van der Waals surface area contributed by atoms with Crippen LogP contribution in [0.3, 0.4) is 0 Å². The van der Waals surface area contributed by atoms with Gasteiger partial charge in [-0.15, -0.1) is 0 Å². The summed E-state index contributed by atoms with van der Waals surface area (Å²) < 4.78 is 0. The van der Waals surface area contributed by atoms with Crippen LogP contribution in [-0.4, -0.2) is 40.2 Å². The smallest absolute Gasteiger partial charge is 0.194 e. The summed E-state index contributed by atoms with van der Waals surface area (Å²) in [5.74, 6) is 3.87. The molecule has 0 aromatic carbocycles. The lowest BCUT2D eigenvalue weighted by molar-refractivity contribution is 0.0356. The van der Waals surface area contributed by atoms with Gasteiger partial charge in [-0.05, 0) is 133 Å². The zero-order valence-corrected chi connectivity index (χ0v) is 40.0. The molecule has 3 saturated heterocycles. The van der Waals surface area contributed by atoms with E-state index in [0.717, 1.165) is 12.3 Å². The first-order valence-electron chi connectivity index (χ1n) is 24.9. The summed E-state index contributed by atoms with van der Waals surface area (Å²) in [4.78, 5) is 6.43. The number of nitrogens with zero attached hydrogens (tertiary/aromatic N) is 2. The quantitative estimate of drug-likeness (QED) is 0.257. The predicted octanol–water partition coefficient (Wildman–Crippen LogP) is 14.9. The van der Waals surface area contributed by atoms with E-state index in [1.165, 1.54) is 83.5 Å². The van der Waals surface area contributed by atoms with Gasteiger partial charge in [0.15, 0.2) is 6.71 Å². The van der Waals surface area contributed by atoms with E-state index in [1.54, 1.807) is 28.0 Å². The standard InChI is InChI=1S/C55H85BN2/c1-50(2,3)37-23-24-45-43(33-37)56-44-34-40(53(10,11)12)32-42-49(44)58(54(13,14)55(42)25-19-16-20-26-55)47-28-36(35-21-17-15-18-22-35)27-46(48(47)56)57(45)41-30-38(51(4,5)6)29-39(31-41)52(7,8)9/h23,28,30,32-36,38-39,44-46,48-49H,15-22,24-27,29,31H2,1-14H3. The summed E-state index contributed by atoms with van der Waals surface area (Å²) in [5.41, 5.74) is 11.6. The van der Waals surface area contributed by atoms with E-state index in [-0.39, 0.29) is 27.2 Å². The lowest BCUT2D eigenvalue weighted by Gasteiger charge is -2.64. The van der Waals surface area contributed by atoms with E-state index in [9.17, 15) is 0 Å². The van der Waals surface area contributed by atoms with Crippen molar-refractivity contribution in [3.8, 4) is 0 Å². The van der Waals surface area contributed by atoms with Gasteiger partial charge in [-0.2, -0.15) is 0 Å². The summed E-state index contributed by atoms with van der Waals surface area (Å²) in [7, 11) is 0. The summed E-state index contributed by atoms with van der Waals surface area (Å²) in [5, 5.41) is 0. The van der Waals surface area contributed by atoms with E-state index in [0.29, 0.717) is 59.6 Å². The summed E-state index contributed by atoms with van der Waals surface area (Å²) in [6.07, 6.45) is 36.3. The van der Waals surface area contributed by atoms with Gasteiger partial charge >= 0.3 is 0 Å². The van der Waals surface area contributed by atoms with E-state index in [4.69, 9.17) is 0 Å². The number of rotatable bonds is 2. The molecule has 0 aromatic rings. The van der Waals surface area contributed by atoms with Gasteiger partial charge in [0, 0.05) is 40.2 Å². The minimum absolute atomic E-state index is 0.0943. The van der Waals surface area contributed by atoms with Gasteiger partial charge in [0.1, 0.15) is 0 Å². The van der Waals surface area contributed by atoms with Crippen molar-refractivity contribution in [3.05, 3.63) is 70.0 Å². The molecule has 5 fully saturated rings. The van der Waals surface area contributed by atoms with Crippen LogP contribution in [-0.2, 0) is 0 Å². The molecule has 6 aliphatic carbocycles. The highest BCUT2D eigenvalue weighted by atomic mass is 15.3. The topological polar surface area (TPSA) is 6.48 Å². The van der Waals surface area contributed by atoms with Gasteiger partial charge in [0.25, 0.3) is 0 Å². The number of allylic oxidation sites excluding steroid dienone is 7. The highest BCUT2D eigenvalue weighted by Crippen LogP contribution is 2.71. The molecule has 3 heterocycles. The molecule has 0 amide bonds. The van der Waals surface area contributed by atoms with Gasteiger partial charge in [-0.1, -0.05) is 164 Å². The summed E-state index contributed by atoms with van der Waals surface area (Å²) >= 11 is 0. The molecule has 2 nitrogen and oxygen atoms in total. The maximum atomic E-state index is 3.22. The van der Waals surface area contributed by atoms with E-state index in [2.05, 4.69) is 143 Å². The van der Waals surface area contributed by atoms with Crippen LogP contribution in [0.2, 0.25) is 11.6 Å². The minimum Gasteiger partial charge on any atom is -0.366 e. The monoisotopic (exact) mass is 785 g/mol. The maximum absolute atomic E-state index is 3.22. The second-order valence-corrected chi connectivity index (χ2v) is 26.4. The van der Waals surface area contributed by atoms with Crippen LogP contribution in [0, 0.1) is 50.7 Å². The highest BCUT2D eigenvalue weighted by Gasteiger charge is 2.70. The Morgan fingerprint density at radius 2 is 1.36 bits per heavy atom. The third kappa shape index (κ3) is 6.43. The second-order valence-electron chi connectivity index (χ2n) is 26.4. The average molecular weight is 785 g/mol. The molecule has 9 aliphatic rings. The van der Waals surface area contributed by atoms with Crippen molar-refractivity contribution in [2.24, 2.45) is 50.7 Å². The first-order chi connectivity index (χ1) is 27.0. The zero-order valence-electron chi connectivity index (χ0n) is 40.0. The molecule has 0 radical (unpaired) electrons. The Morgan fingerprint density at radius 3 is 1.98 bits per heavy atom. The Morgan fingerprint density at radius 1 is 0.707 bits per heavy atom. The molecule has 0 N–H and O–H groups in total. The Bertz CT molecular complexity index is 1820. The molecular weight excluding hydrogens is 699 g/mol. The normalized spacial score (nSPS) is 36.2. The SMILES string of the molecule is CC(C)(C)C1=CCC2C(=C1)B1C3C=C(C(C)(C)C)C=C4C3N(C3=CC(C5CCCCC5)CC(C13)N2C1=CC(C(C)(C)C)CC(C(C)(C)C)C1)C(C)(C)C41CCCCC1. The van der Waals surface area contributed by atoms with Crippen LogP contribution in [0.1, 0.15) is 187 Å². The lowest BCUT2D eigenvalue weighted by atomic mass is 9.22. The molecular formula is C55H85BN2. The van der Waals surface area contributed by atoms with Crippen molar-refractivity contribution in [3.63, 3.8) is 0 Å². The van der Waals surface area contributed by atoms with Crippen molar-refractivity contribution < 1.29 is 0 Å². The third-order valence-electron chi connectivity index (χ3n) is 18.8. The van der Waals surface area contributed by atoms with E-state index >= 15 is 0 Å². The fraction of sp³-hybridized carbons (Fsp3) is 0.782. The first-order valence-corrected chi connectivity index (χ1v) is 24.9. The maximum Gasteiger partial charge on any atom is 0.194 e. The van der Waals surface area contributed by atoms with Crippen LogP contribution in [0.4, 0.5) is 0 Å². The Labute approximate surface area is 358 Å². The highest BCUT2D eigenvalue weighted by molar-refractivity contribution is 6.72.